The van der Waals surface area contributed by atoms with Crippen LogP contribution in [0.2, 0.25) is 0 Å². The van der Waals surface area contributed by atoms with Crippen molar-refractivity contribution in [2.24, 2.45) is 0 Å². The van der Waals surface area contributed by atoms with E-state index < -0.39 is 0 Å². The summed E-state index contributed by atoms with van der Waals surface area (Å²) in [6.07, 6.45) is 0. The molecule has 0 bridgehead atoms. The van der Waals surface area contributed by atoms with Gasteiger partial charge in [-0.25, -0.2) is 4.79 Å². The van der Waals surface area contributed by atoms with Gasteiger partial charge >= 0.3 is 5.69 Å². The summed E-state index contributed by atoms with van der Waals surface area (Å²) in [5, 5.41) is 5.32. The third-order valence-corrected chi connectivity index (χ3v) is 3.50. The number of amides is 2. The number of nitrogens with zero attached hydrogens (tertiary/aromatic N) is 2. The topological polar surface area (TPSA) is 85.1 Å². The molecule has 0 aliphatic rings. The Morgan fingerprint density at radius 3 is 2.17 bits per heavy atom. The van der Waals surface area contributed by atoms with Crippen LogP contribution in [0.4, 0.5) is 0 Å². The van der Waals surface area contributed by atoms with Crippen LogP contribution in [0.15, 0.2) is 29.1 Å². The van der Waals surface area contributed by atoms with E-state index in [2.05, 4.69) is 10.6 Å². The van der Waals surface area contributed by atoms with Crippen LogP contribution in [0.3, 0.4) is 0 Å². The Morgan fingerprint density at radius 2 is 1.62 bits per heavy atom. The van der Waals surface area contributed by atoms with E-state index in [1.165, 1.54) is 4.57 Å². The van der Waals surface area contributed by atoms with Crippen molar-refractivity contribution in [1.29, 1.82) is 0 Å². The number of aromatic nitrogens is 2. The van der Waals surface area contributed by atoms with Gasteiger partial charge < -0.3 is 10.6 Å². The van der Waals surface area contributed by atoms with E-state index in [-0.39, 0.29) is 36.1 Å². The monoisotopic (exact) mass is 332 g/mol. The largest absolute Gasteiger partial charge is 0.350 e. The van der Waals surface area contributed by atoms with Gasteiger partial charge in [0.15, 0.2) is 0 Å². The smallest absolute Gasteiger partial charge is 0.329 e. The summed E-state index contributed by atoms with van der Waals surface area (Å²) in [6.45, 7) is 7.78. The van der Waals surface area contributed by atoms with Gasteiger partial charge in [0, 0.05) is 12.1 Å². The normalized spacial score (nSPS) is 11.5. The van der Waals surface area contributed by atoms with Crippen LogP contribution < -0.4 is 16.3 Å². The summed E-state index contributed by atoms with van der Waals surface area (Å²) >= 11 is 0. The van der Waals surface area contributed by atoms with Crippen molar-refractivity contribution in [3.63, 3.8) is 0 Å². The summed E-state index contributed by atoms with van der Waals surface area (Å²) in [7, 11) is 0. The molecule has 130 valence electrons. The molecule has 0 aliphatic heterocycles. The maximum absolute atomic E-state index is 12.4. The highest BCUT2D eigenvalue weighted by atomic mass is 16.2. The summed E-state index contributed by atoms with van der Waals surface area (Å²) in [4.78, 5) is 36.3. The lowest BCUT2D eigenvalue weighted by Gasteiger charge is -2.20. The fourth-order valence-electron chi connectivity index (χ4n) is 2.57. The lowest BCUT2D eigenvalue weighted by Crippen LogP contribution is -2.46. The van der Waals surface area contributed by atoms with Crippen LogP contribution in [0.1, 0.15) is 27.7 Å². The highest BCUT2D eigenvalue weighted by molar-refractivity contribution is 5.86. The molecule has 0 radical (unpaired) electrons. The number of benzene rings is 1. The maximum Gasteiger partial charge on any atom is 0.329 e. The van der Waals surface area contributed by atoms with E-state index in [0.29, 0.717) is 12.1 Å². The van der Waals surface area contributed by atoms with Gasteiger partial charge in [-0.3, -0.25) is 18.7 Å². The average Bonchev–Trinajstić information content (AvgIpc) is 2.76. The Morgan fingerprint density at radius 1 is 1.04 bits per heavy atom. The number of nitrogens with one attached hydrogen (secondary N) is 2. The molecule has 1 heterocycles. The number of carbonyl (C=O) groups excluding carboxylic acids is 2. The fourth-order valence-corrected chi connectivity index (χ4v) is 2.57. The predicted octanol–water partition coefficient (Wildman–Crippen LogP) is 0.854. The zero-order valence-electron chi connectivity index (χ0n) is 14.5. The third kappa shape index (κ3) is 4.04. The second-order valence-corrected chi connectivity index (χ2v) is 6.68. The molecular formula is C17H24N4O3. The number of fused-ring (bicyclic) bond motifs is 1. The van der Waals surface area contributed by atoms with Gasteiger partial charge in [-0.05, 0) is 39.8 Å². The van der Waals surface area contributed by atoms with Gasteiger partial charge in [-0.2, -0.15) is 0 Å². The Kier molecular flexibility index (Phi) is 5.11. The molecule has 0 saturated carbocycles. The third-order valence-electron chi connectivity index (χ3n) is 3.50. The van der Waals surface area contributed by atoms with Gasteiger partial charge in [-0.1, -0.05) is 12.1 Å². The van der Waals surface area contributed by atoms with Crippen LogP contribution in [-0.4, -0.2) is 33.0 Å². The first kappa shape index (κ1) is 17.8. The van der Waals surface area contributed by atoms with Crippen molar-refractivity contribution in [3.8, 4) is 0 Å². The van der Waals surface area contributed by atoms with E-state index in [4.69, 9.17) is 0 Å². The number of aryl methyl sites for hydroxylation is 1. The lowest BCUT2D eigenvalue weighted by atomic mass is 10.1. The van der Waals surface area contributed by atoms with Gasteiger partial charge in [-0.15, -0.1) is 0 Å². The molecule has 7 nitrogen and oxygen atoms in total. The molecule has 7 heteroatoms. The number of rotatable bonds is 5. The number of hydrogen-bond acceptors (Lipinski definition) is 3. The zero-order chi connectivity index (χ0) is 17.9. The number of imidazole rings is 1. The first-order chi connectivity index (χ1) is 11.2. The summed E-state index contributed by atoms with van der Waals surface area (Å²) in [5.41, 5.74) is 0.919. The SMILES string of the molecule is CCn1c(=O)n(CC(=O)NCC(=O)NC(C)(C)C)c2ccccc21. The molecule has 24 heavy (non-hydrogen) atoms. The molecule has 0 fully saturated rings. The fraction of sp³-hybridized carbons (Fsp3) is 0.471. The Hall–Kier alpha value is -2.57. The molecule has 1 aromatic heterocycles. The Labute approximate surface area is 140 Å². The van der Waals surface area contributed by atoms with Crippen LogP contribution in [0.5, 0.6) is 0 Å². The van der Waals surface area contributed by atoms with Crippen molar-refractivity contribution in [2.75, 3.05) is 6.54 Å². The van der Waals surface area contributed by atoms with Crippen molar-refractivity contribution in [2.45, 2.75) is 46.3 Å². The van der Waals surface area contributed by atoms with Crippen molar-refractivity contribution >= 4 is 22.8 Å². The van der Waals surface area contributed by atoms with Crippen LogP contribution in [0, 0.1) is 0 Å². The van der Waals surface area contributed by atoms with Crippen molar-refractivity contribution in [3.05, 3.63) is 34.7 Å². The lowest BCUT2D eigenvalue weighted by molar-refractivity contribution is -0.127. The number of hydrogen-bond donors (Lipinski definition) is 2. The summed E-state index contributed by atoms with van der Waals surface area (Å²) < 4.78 is 3.05. The summed E-state index contributed by atoms with van der Waals surface area (Å²) in [6, 6.07) is 7.34. The minimum absolute atomic E-state index is 0.114. The zero-order valence-corrected chi connectivity index (χ0v) is 14.5. The quantitative estimate of drug-likeness (QED) is 0.851. The summed E-state index contributed by atoms with van der Waals surface area (Å²) in [5.74, 6) is -0.639. The average molecular weight is 332 g/mol. The van der Waals surface area contributed by atoms with Gasteiger partial charge in [0.25, 0.3) is 0 Å². The molecule has 0 saturated heterocycles. The first-order valence-electron chi connectivity index (χ1n) is 7.98. The minimum Gasteiger partial charge on any atom is -0.350 e. The van der Waals surface area contributed by atoms with Crippen LogP contribution in [-0.2, 0) is 22.7 Å². The van der Waals surface area contributed by atoms with E-state index in [0.717, 1.165) is 5.52 Å². The molecule has 2 aromatic rings. The maximum atomic E-state index is 12.4. The molecule has 2 N–H and O–H groups in total. The predicted molar refractivity (Wildman–Crippen MR) is 92.8 cm³/mol. The highest BCUT2D eigenvalue weighted by Crippen LogP contribution is 2.12. The number of para-hydroxylation sites is 2. The molecular weight excluding hydrogens is 308 g/mol. The second kappa shape index (κ2) is 6.90. The van der Waals surface area contributed by atoms with Crippen molar-refractivity contribution < 1.29 is 9.59 Å². The standard InChI is InChI=1S/C17H24N4O3/c1-5-20-12-8-6-7-9-13(12)21(16(20)24)11-15(23)18-10-14(22)19-17(2,3)4/h6-9H,5,10-11H2,1-4H3,(H,18,23)(H,19,22). The van der Waals surface area contributed by atoms with E-state index in [1.807, 2.05) is 52.0 Å². The van der Waals surface area contributed by atoms with Gasteiger partial charge in [0.2, 0.25) is 11.8 Å². The number of carbonyl (C=O) groups is 2. The first-order valence-corrected chi connectivity index (χ1v) is 7.98. The Bertz CT molecular complexity index is 811. The van der Waals surface area contributed by atoms with Crippen LogP contribution in [0.25, 0.3) is 11.0 Å². The molecule has 1 aromatic carbocycles. The van der Waals surface area contributed by atoms with Crippen LogP contribution >= 0.6 is 0 Å². The minimum atomic E-state index is -0.375. The Balaban J connectivity index is 2.10. The molecule has 0 spiro atoms. The van der Waals surface area contributed by atoms with E-state index >= 15 is 0 Å². The molecule has 0 atom stereocenters. The van der Waals surface area contributed by atoms with Gasteiger partial charge in [0.05, 0.1) is 17.6 Å². The molecule has 0 unspecified atom stereocenters. The highest BCUT2D eigenvalue weighted by Gasteiger charge is 2.16. The molecule has 2 amide bonds. The second-order valence-electron chi connectivity index (χ2n) is 6.68. The van der Waals surface area contributed by atoms with Crippen molar-refractivity contribution in [1.82, 2.24) is 19.8 Å². The molecule has 0 aliphatic carbocycles. The van der Waals surface area contributed by atoms with E-state index in [1.54, 1.807) is 4.57 Å². The van der Waals surface area contributed by atoms with E-state index in [9.17, 15) is 14.4 Å². The molecule has 2 rings (SSSR count). The van der Waals surface area contributed by atoms with Gasteiger partial charge in [0.1, 0.15) is 6.54 Å².